The van der Waals surface area contributed by atoms with E-state index in [1.807, 2.05) is 0 Å². The fourth-order valence-corrected chi connectivity index (χ4v) is 2.62. The van der Waals surface area contributed by atoms with Crippen molar-refractivity contribution in [2.75, 3.05) is 5.32 Å². The van der Waals surface area contributed by atoms with Crippen LogP contribution in [0.1, 0.15) is 29.0 Å². The summed E-state index contributed by atoms with van der Waals surface area (Å²) in [6.45, 7) is 1.79. The summed E-state index contributed by atoms with van der Waals surface area (Å²) in [6.07, 6.45) is 6.99. The van der Waals surface area contributed by atoms with Crippen LogP contribution in [-0.2, 0) is 25.4 Å². The van der Waals surface area contributed by atoms with Crippen molar-refractivity contribution in [2.45, 2.75) is 19.5 Å². The number of rotatable bonds is 7. The molecule has 0 bridgehead atoms. The van der Waals surface area contributed by atoms with Gasteiger partial charge in [0, 0.05) is 32.4 Å². The van der Waals surface area contributed by atoms with Gasteiger partial charge in [0.15, 0.2) is 0 Å². The molecule has 0 aliphatic carbocycles. The summed E-state index contributed by atoms with van der Waals surface area (Å²) in [5.74, 6) is -0.927. The largest absolute Gasteiger partial charge is 0.346 e. The Morgan fingerprint density at radius 2 is 1.93 bits per heavy atom. The van der Waals surface area contributed by atoms with Crippen LogP contribution < -0.4 is 10.6 Å². The number of anilines is 1. The van der Waals surface area contributed by atoms with Gasteiger partial charge < -0.3 is 10.6 Å². The third-order valence-electron chi connectivity index (χ3n) is 4.20. The summed E-state index contributed by atoms with van der Waals surface area (Å²) < 4.78 is 4.14. The molecule has 0 aromatic carbocycles. The molecule has 0 fully saturated rings. The van der Waals surface area contributed by atoms with Gasteiger partial charge in [-0.3, -0.25) is 33.7 Å². The molecule has 13 nitrogen and oxygen atoms in total. The topological polar surface area (TPSA) is 155 Å². The lowest BCUT2D eigenvalue weighted by Gasteiger charge is -2.13. The van der Waals surface area contributed by atoms with Gasteiger partial charge in [-0.05, 0) is 6.92 Å². The fourth-order valence-electron chi connectivity index (χ4n) is 2.62. The first-order valence-electron chi connectivity index (χ1n) is 8.53. The third kappa shape index (κ3) is 4.28. The van der Waals surface area contributed by atoms with Gasteiger partial charge in [0.25, 0.3) is 5.91 Å². The molecule has 3 heterocycles. The summed E-state index contributed by atoms with van der Waals surface area (Å²) in [5, 5.41) is 28.0. The molecule has 1 atom stereocenters. The summed E-state index contributed by atoms with van der Waals surface area (Å²) in [4.78, 5) is 35.3. The maximum atomic E-state index is 12.6. The van der Waals surface area contributed by atoms with E-state index in [2.05, 4.69) is 25.9 Å². The predicted octanol–water partition coefficient (Wildman–Crippen LogP) is 0.388. The zero-order chi connectivity index (χ0) is 21.1. The average Bonchev–Trinajstić information content (AvgIpc) is 3.39. The second kappa shape index (κ2) is 7.92. The highest BCUT2D eigenvalue weighted by Crippen LogP contribution is 2.18. The maximum absolute atomic E-state index is 12.6. The standard InChI is InChI=1S/C16H19N9O4/c1-10(24-9-12(6-20-24)25(28)29)15(26)21-13-7-19-23(3)14(13)16(27)17-4-11-5-18-22(2)8-11/h5-10H,4H2,1-3H3,(H,17,27)(H,21,26). The van der Waals surface area contributed by atoms with Crippen molar-refractivity contribution >= 4 is 23.2 Å². The fraction of sp³-hybridized carbons (Fsp3) is 0.312. The van der Waals surface area contributed by atoms with Crippen LogP contribution >= 0.6 is 0 Å². The first kappa shape index (κ1) is 19.7. The summed E-state index contributed by atoms with van der Waals surface area (Å²) in [7, 11) is 3.35. The zero-order valence-corrected chi connectivity index (χ0v) is 15.9. The monoisotopic (exact) mass is 401 g/mol. The lowest BCUT2D eigenvalue weighted by atomic mass is 10.2. The van der Waals surface area contributed by atoms with Crippen LogP contribution in [-0.4, -0.2) is 46.1 Å². The quantitative estimate of drug-likeness (QED) is 0.428. The molecule has 13 heteroatoms. The molecule has 0 saturated heterocycles. The lowest BCUT2D eigenvalue weighted by Crippen LogP contribution is -2.28. The minimum atomic E-state index is -0.838. The minimum absolute atomic E-state index is 0.167. The second-order valence-corrected chi connectivity index (χ2v) is 6.34. The number of amides is 2. The maximum Gasteiger partial charge on any atom is 0.307 e. The Kier molecular flexibility index (Phi) is 5.38. The average molecular weight is 401 g/mol. The second-order valence-electron chi connectivity index (χ2n) is 6.34. The molecular formula is C16H19N9O4. The van der Waals surface area contributed by atoms with E-state index in [4.69, 9.17) is 0 Å². The van der Waals surface area contributed by atoms with Gasteiger partial charge in [0.1, 0.15) is 24.1 Å². The van der Waals surface area contributed by atoms with Crippen molar-refractivity contribution in [3.8, 4) is 0 Å². The third-order valence-corrected chi connectivity index (χ3v) is 4.20. The van der Waals surface area contributed by atoms with Gasteiger partial charge >= 0.3 is 5.69 Å². The number of aryl methyl sites for hydroxylation is 2. The van der Waals surface area contributed by atoms with Crippen LogP contribution in [0.2, 0.25) is 0 Å². The summed E-state index contributed by atoms with van der Waals surface area (Å²) in [5.41, 5.74) is 0.986. The first-order valence-corrected chi connectivity index (χ1v) is 8.53. The Labute approximate surface area is 164 Å². The van der Waals surface area contributed by atoms with E-state index < -0.39 is 22.8 Å². The van der Waals surface area contributed by atoms with E-state index in [9.17, 15) is 19.7 Å². The van der Waals surface area contributed by atoms with E-state index in [0.29, 0.717) is 0 Å². The molecule has 2 amide bonds. The van der Waals surface area contributed by atoms with Gasteiger partial charge in [-0.25, -0.2) is 0 Å². The number of hydrogen-bond donors (Lipinski definition) is 2. The molecule has 0 radical (unpaired) electrons. The molecule has 0 aliphatic heterocycles. The Bertz CT molecular complexity index is 1060. The molecule has 3 aromatic heterocycles. The van der Waals surface area contributed by atoms with Crippen LogP contribution in [0, 0.1) is 10.1 Å². The lowest BCUT2D eigenvalue weighted by molar-refractivity contribution is -0.385. The van der Waals surface area contributed by atoms with Crippen LogP contribution in [0.3, 0.4) is 0 Å². The van der Waals surface area contributed by atoms with Crippen molar-refractivity contribution in [1.82, 2.24) is 34.7 Å². The highest BCUT2D eigenvalue weighted by atomic mass is 16.6. The van der Waals surface area contributed by atoms with Gasteiger partial charge in [-0.2, -0.15) is 15.3 Å². The van der Waals surface area contributed by atoms with Gasteiger partial charge in [0.2, 0.25) is 5.91 Å². The highest BCUT2D eigenvalue weighted by molar-refractivity contribution is 6.03. The molecule has 152 valence electrons. The van der Waals surface area contributed by atoms with Gasteiger partial charge in [0.05, 0.1) is 23.0 Å². The number of hydrogen-bond acceptors (Lipinski definition) is 7. The van der Waals surface area contributed by atoms with Crippen LogP contribution in [0.4, 0.5) is 11.4 Å². The molecule has 1 unspecified atom stereocenters. The number of nitrogens with zero attached hydrogens (tertiary/aromatic N) is 7. The molecule has 3 rings (SSSR count). The molecule has 0 aliphatic rings. The summed E-state index contributed by atoms with van der Waals surface area (Å²) in [6, 6.07) is -0.838. The Morgan fingerprint density at radius 1 is 1.17 bits per heavy atom. The Balaban J connectivity index is 1.70. The number of nitro groups is 1. The molecule has 0 saturated carbocycles. The number of aromatic nitrogens is 6. The normalized spacial score (nSPS) is 11.8. The van der Waals surface area contributed by atoms with E-state index >= 15 is 0 Å². The zero-order valence-electron chi connectivity index (χ0n) is 15.9. The number of carbonyl (C=O) groups excluding carboxylic acids is 2. The number of carbonyl (C=O) groups is 2. The van der Waals surface area contributed by atoms with E-state index in [1.54, 1.807) is 31.2 Å². The van der Waals surface area contributed by atoms with Crippen molar-refractivity contribution in [1.29, 1.82) is 0 Å². The molecule has 3 aromatic rings. The van der Waals surface area contributed by atoms with Gasteiger partial charge in [-0.15, -0.1) is 0 Å². The van der Waals surface area contributed by atoms with E-state index in [1.165, 1.54) is 22.5 Å². The van der Waals surface area contributed by atoms with Gasteiger partial charge in [-0.1, -0.05) is 0 Å². The molecular weight excluding hydrogens is 382 g/mol. The highest BCUT2D eigenvalue weighted by Gasteiger charge is 2.23. The Morgan fingerprint density at radius 3 is 2.55 bits per heavy atom. The predicted molar refractivity (Wildman–Crippen MR) is 99.8 cm³/mol. The van der Waals surface area contributed by atoms with Crippen LogP contribution in [0.15, 0.2) is 31.0 Å². The molecule has 29 heavy (non-hydrogen) atoms. The molecule has 2 N–H and O–H groups in total. The minimum Gasteiger partial charge on any atom is -0.346 e. The van der Waals surface area contributed by atoms with Crippen molar-refractivity contribution in [2.24, 2.45) is 14.1 Å². The summed E-state index contributed by atoms with van der Waals surface area (Å²) >= 11 is 0. The SMILES string of the molecule is CC(C(=O)Nc1cnn(C)c1C(=O)NCc1cnn(C)c1)n1cc([N+](=O)[O-])cn1. The van der Waals surface area contributed by atoms with Crippen molar-refractivity contribution in [3.05, 3.63) is 52.4 Å². The van der Waals surface area contributed by atoms with Crippen molar-refractivity contribution in [3.63, 3.8) is 0 Å². The number of nitrogens with one attached hydrogen (secondary N) is 2. The Hall–Kier alpha value is -4.03. The van der Waals surface area contributed by atoms with E-state index in [0.717, 1.165) is 18.0 Å². The van der Waals surface area contributed by atoms with Crippen molar-refractivity contribution < 1.29 is 14.5 Å². The molecule has 0 spiro atoms. The van der Waals surface area contributed by atoms with Crippen LogP contribution in [0.25, 0.3) is 0 Å². The smallest absolute Gasteiger partial charge is 0.307 e. The van der Waals surface area contributed by atoms with E-state index in [-0.39, 0.29) is 23.6 Å². The first-order chi connectivity index (χ1) is 13.8. The van der Waals surface area contributed by atoms with Crippen LogP contribution in [0.5, 0.6) is 0 Å².